The summed E-state index contributed by atoms with van der Waals surface area (Å²) in [6.45, 7) is 1.70. The Morgan fingerprint density at radius 3 is 2.50 bits per heavy atom. The van der Waals surface area contributed by atoms with Crippen LogP contribution in [0.4, 0.5) is 5.69 Å². The molecule has 0 saturated carbocycles. The minimum absolute atomic E-state index is 0. The number of fused-ring (bicyclic) bond motifs is 1. The number of benzene rings is 2. The van der Waals surface area contributed by atoms with Gasteiger partial charge in [0, 0.05) is 24.1 Å². The maximum absolute atomic E-state index is 13.0. The van der Waals surface area contributed by atoms with Crippen molar-refractivity contribution in [3.8, 4) is 0 Å². The van der Waals surface area contributed by atoms with Crippen molar-refractivity contribution >= 4 is 62.6 Å². The minimum atomic E-state index is -3.31. The van der Waals surface area contributed by atoms with Crippen LogP contribution in [0.3, 0.4) is 0 Å². The van der Waals surface area contributed by atoms with Gasteiger partial charge < -0.3 is 15.4 Å². The van der Waals surface area contributed by atoms with Gasteiger partial charge in [0.05, 0.1) is 28.2 Å². The number of hydrogen-bond acceptors (Lipinski definition) is 5. The van der Waals surface area contributed by atoms with Crippen molar-refractivity contribution in [3.63, 3.8) is 0 Å². The lowest BCUT2D eigenvalue weighted by atomic mass is 9.94. The van der Waals surface area contributed by atoms with Crippen molar-refractivity contribution in [1.82, 2.24) is 5.32 Å². The van der Waals surface area contributed by atoms with Gasteiger partial charge in [-0.25, -0.2) is 8.42 Å². The van der Waals surface area contributed by atoms with Gasteiger partial charge in [-0.3, -0.25) is 4.79 Å². The molecule has 4 rings (SSSR count). The molecule has 0 aromatic heterocycles. The summed E-state index contributed by atoms with van der Waals surface area (Å²) < 4.78 is 29.0. The normalized spacial score (nSPS) is 18.2. The van der Waals surface area contributed by atoms with Gasteiger partial charge in [0.1, 0.15) is 6.04 Å². The van der Waals surface area contributed by atoms with Gasteiger partial charge in [0.25, 0.3) is 0 Å². The average Bonchev–Trinajstić information content (AvgIpc) is 2.72. The van der Waals surface area contributed by atoms with Gasteiger partial charge in [-0.1, -0.05) is 35.3 Å². The van der Waals surface area contributed by atoms with E-state index in [-0.39, 0.29) is 23.2 Å². The summed E-state index contributed by atoms with van der Waals surface area (Å²) in [5.41, 5.74) is 3.90. The first-order valence-electron chi connectivity index (χ1n) is 9.87. The SMILES string of the molecule is CS(=O)(=O)c1ccc2c(c1)CCNC2C(=O)Nc1cc(Cl)c(C2=CCOCC2)c(Cl)c1.Cl. The number of sulfone groups is 1. The van der Waals surface area contributed by atoms with E-state index in [1.165, 1.54) is 12.3 Å². The Morgan fingerprint density at radius 2 is 1.88 bits per heavy atom. The van der Waals surface area contributed by atoms with Crippen molar-refractivity contribution in [3.05, 3.63) is 63.1 Å². The second-order valence-electron chi connectivity index (χ2n) is 7.63. The largest absolute Gasteiger partial charge is 0.377 e. The number of carbonyl (C=O) groups is 1. The van der Waals surface area contributed by atoms with Crippen LogP contribution < -0.4 is 10.6 Å². The van der Waals surface area contributed by atoms with E-state index in [9.17, 15) is 13.2 Å². The summed E-state index contributed by atoms with van der Waals surface area (Å²) in [5.74, 6) is -0.266. The van der Waals surface area contributed by atoms with Crippen LogP contribution in [0.5, 0.6) is 0 Å². The van der Waals surface area contributed by atoms with Crippen molar-refractivity contribution in [2.45, 2.75) is 23.8 Å². The highest BCUT2D eigenvalue weighted by Crippen LogP contribution is 2.37. The van der Waals surface area contributed by atoms with E-state index >= 15 is 0 Å². The molecule has 10 heteroatoms. The van der Waals surface area contributed by atoms with Crippen LogP contribution >= 0.6 is 35.6 Å². The van der Waals surface area contributed by atoms with E-state index in [4.69, 9.17) is 27.9 Å². The van der Waals surface area contributed by atoms with Crippen LogP contribution in [0.2, 0.25) is 10.0 Å². The van der Waals surface area contributed by atoms with Crippen molar-refractivity contribution in [1.29, 1.82) is 0 Å². The summed E-state index contributed by atoms with van der Waals surface area (Å²) in [5, 5.41) is 7.00. The van der Waals surface area contributed by atoms with Crippen LogP contribution in [0.25, 0.3) is 5.57 Å². The number of carbonyl (C=O) groups excluding carboxylic acids is 1. The Balaban J connectivity index is 0.00000289. The predicted molar refractivity (Wildman–Crippen MR) is 130 cm³/mol. The van der Waals surface area contributed by atoms with Gasteiger partial charge >= 0.3 is 0 Å². The van der Waals surface area contributed by atoms with Gasteiger partial charge in [-0.2, -0.15) is 0 Å². The number of halogens is 3. The van der Waals surface area contributed by atoms with E-state index in [1.54, 1.807) is 24.3 Å². The van der Waals surface area contributed by atoms with Crippen molar-refractivity contribution < 1.29 is 17.9 Å². The quantitative estimate of drug-likeness (QED) is 0.626. The van der Waals surface area contributed by atoms with Crippen LogP contribution in [0, 0.1) is 0 Å². The standard InChI is InChI=1S/C22H22Cl2N2O4S.ClH/c1-31(28,29)16-2-3-17-14(10-16)4-7-25-21(17)22(27)26-15-11-18(23)20(19(24)12-15)13-5-8-30-9-6-13;/h2-3,5,10-12,21,25H,4,6-9H2,1H3,(H,26,27);1H. The molecule has 172 valence electrons. The molecule has 0 aliphatic carbocycles. The fourth-order valence-corrected chi connectivity index (χ4v) is 5.33. The van der Waals surface area contributed by atoms with Gasteiger partial charge in [0.2, 0.25) is 5.91 Å². The first kappa shape index (κ1) is 25.0. The molecule has 0 saturated heterocycles. The highest BCUT2D eigenvalue weighted by Gasteiger charge is 2.27. The molecule has 6 nitrogen and oxygen atoms in total. The van der Waals surface area contributed by atoms with Gasteiger partial charge in [0.15, 0.2) is 9.84 Å². The maximum Gasteiger partial charge on any atom is 0.246 e. The molecule has 2 aromatic carbocycles. The second-order valence-corrected chi connectivity index (χ2v) is 10.5. The van der Waals surface area contributed by atoms with Crippen molar-refractivity contribution in [2.75, 3.05) is 31.3 Å². The molecule has 1 amide bonds. The summed E-state index contributed by atoms with van der Waals surface area (Å²) in [4.78, 5) is 13.3. The Bertz CT molecular complexity index is 1160. The van der Waals surface area contributed by atoms with E-state index in [1.807, 2.05) is 6.08 Å². The molecule has 0 bridgehead atoms. The molecule has 2 N–H and O–H groups in total. The van der Waals surface area contributed by atoms with E-state index in [0.29, 0.717) is 41.9 Å². The molecule has 2 aliphatic rings. The molecule has 0 radical (unpaired) electrons. The number of anilines is 1. The summed E-state index contributed by atoms with van der Waals surface area (Å²) >= 11 is 13.0. The number of amides is 1. The number of nitrogens with one attached hydrogen (secondary N) is 2. The van der Waals surface area contributed by atoms with E-state index in [0.717, 1.165) is 28.7 Å². The molecular weight excluding hydrogens is 495 g/mol. The third kappa shape index (κ3) is 5.30. The first-order valence-corrected chi connectivity index (χ1v) is 12.5. The Morgan fingerprint density at radius 1 is 1.16 bits per heavy atom. The van der Waals surface area contributed by atoms with Crippen LogP contribution in [0.1, 0.15) is 29.2 Å². The highest BCUT2D eigenvalue weighted by atomic mass is 35.5. The maximum atomic E-state index is 13.0. The predicted octanol–water partition coefficient (Wildman–Crippen LogP) is 4.45. The van der Waals surface area contributed by atoms with Crippen LogP contribution in [-0.2, 0) is 25.8 Å². The number of ether oxygens (including phenoxy) is 1. The summed E-state index contributed by atoms with van der Waals surface area (Å²) in [6.07, 6.45) is 4.51. The fraction of sp³-hybridized carbons (Fsp3) is 0.318. The molecule has 0 fully saturated rings. The first-order chi connectivity index (χ1) is 14.7. The molecular formula is C22H23Cl3N2O4S. The topological polar surface area (TPSA) is 84.5 Å². The lowest BCUT2D eigenvalue weighted by Gasteiger charge is -2.26. The molecule has 0 spiro atoms. The molecule has 2 aliphatic heterocycles. The average molecular weight is 518 g/mol. The molecule has 1 atom stereocenters. The summed E-state index contributed by atoms with van der Waals surface area (Å²) in [7, 11) is -3.31. The van der Waals surface area contributed by atoms with E-state index in [2.05, 4.69) is 10.6 Å². The third-order valence-corrected chi connectivity index (χ3v) is 7.16. The third-order valence-electron chi connectivity index (χ3n) is 5.45. The Hall–Kier alpha value is -1.61. The zero-order chi connectivity index (χ0) is 22.2. The highest BCUT2D eigenvalue weighted by molar-refractivity contribution is 7.90. The number of hydrogen-bond donors (Lipinski definition) is 2. The van der Waals surface area contributed by atoms with Crippen LogP contribution in [-0.4, -0.2) is 40.3 Å². The minimum Gasteiger partial charge on any atom is -0.377 e. The fourth-order valence-electron chi connectivity index (χ4n) is 3.93. The molecule has 32 heavy (non-hydrogen) atoms. The summed E-state index contributed by atoms with van der Waals surface area (Å²) in [6, 6.07) is 7.65. The van der Waals surface area contributed by atoms with Crippen LogP contribution in [0.15, 0.2) is 41.3 Å². The van der Waals surface area contributed by atoms with Crippen molar-refractivity contribution in [2.24, 2.45) is 0 Å². The second kappa shape index (κ2) is 10.1. The van der Waals surface area contributed by atoms with E-state index < -0.39 is 15.9 Å². The number of rotatable bonds is 4. The van der Waals surface area contributed by atoms with Gasteiger partial charge in [-0.15, -0.1) is 12.4 Å². The Labute approximate surface area is 203 Å². The molecule has 2 aromatic rings. The smallest absolute Gasteiger partial charge is 0.246 e. The lowest BCUT2D eigenvalue weighted by molar-refractivity contribution is -0.118. The molecule has 2 heterocycles. The monoisotopic (exact) mass is 516 g/mol. The van der Waals surface area contributed by atoms with Gasteiger partial charge in [-0.05, 0) is 53.8 Å². The Kier molecular flexibility index (Phi) is 7.91. The lowest BCUT2D eigenvalue weighted by Crippen LogP contribution is -2.38. The zero-order valence-corrected chi connectivity index (χ0v) is 20.4. The zero-order valence-electron chi connectivity index (χ0n) is 17.3. The molecule has 1 unspecified atom stereocenters.